The summed E-state index contributed by atoms with van der Waals surface area (Å²) in [5.41, 5.74) is -0.286. The number of ether oxygens (including phenoxy) is 1. The maximum atomic E-state index is 12.9. The molecule has 0 saturated carbocycles. The van der Waals surface area contributed by atoms with Gasteiger partial charge < -0.3 is 19.2 Å². The highest BCUT2D eigenvalue weighted by atomic mass is 16.5. The topological polar surface area (TPSA) is 80.0 Å². The molecule has 0 aliphatic carbocycles. The van der Waals surface area contributed by atoms with Crippen molar-refractivity contribution < 1.29 is 23.8 Å². The molecule has 1 unspecified atom stereocenters. The quantitative estimate of drug-likeness (QED) is 0.732. The van der Waals surface area contributed by atoms with E-state index < -0.39 is 11.4 Å². The Morgan fingerprint density at radius 2 is 2.04 bits per heavy atom. The van der Waals surface area contributed by atoms with Crippen LogP contribution >= 0.6 is 0 Å². The van der Waals surface area contributed by atoms with Gasteiger partial charge in [-0.3, -0.25) is 9.59 Å². The molecule has 1 amide bonds. The lowest BCUT2D eigenvalue weighted by molar-refractivity contribution is -0.159. The Hall–Kier alpha value is -2.86. The zero-order valence-electron chi connectivity index (χ0n) is 15.8. The molecule has 1 aliphatic rings. The Morgan fingerprint density at radius 3 is 2.82 bits per heavy atom. The fourth-order valence-corrected chi connectivity index (χ4v) is 4.17. The largest absolute Gasteiger partial charge is 0.481 e. The molecule has 0 radical (unpaired) electrons. The first-order valence-corrected chi connectivity index (χ1v) is 9.43. The molecule has 28 heavy (non-hydrogen) atoms. The smallest absolute Gasteiger partial charge is 0.313 e. The monoisotopic (exact) mass is 381 g/mol. The molecule has 0 bridgehead atoms. The van der Waals surface area contributed by atoms with Gasteiger partial charge in [0.15, 0.2) is 0 Å². The Bertz CT molecular complexity index is 1040. The first-order chi connectivity index (χ1) is 13.5. The SMILES string of the molecule is COCC1(C(=O)O)CCCN(C(=O)Cc2cc3c(ccc4ccccc43)o2)C1. The molecule has 2 heterocycles. The molecule has 0 spiro atoms. The summed E-state index contributed by atoms with van der Waals surface area (Å²) in [6.07, 6.45) is 1.27. The fourth-order valence-electron chi connectivity index (χ4n) is 4.17. The van der Waals surface area contributed by atoms with Crippen LogP contribution in [0.2, 0.25) is 0 Å². The van der Waals surface area contributed by atoms with Gasteiger partial charge in [-0.15, -0.1) is 0 Å². The van der Waals surface area contributed by atoms with E-state index in [9.17, 15) is 14.7 Å². The van der Waals surface area contributed by atoms with Gasteiger partial charge in [-0.1, -0.05) is 30.3 Å². The summed E-state index contributed by atoms with van der Waals surface area (Å²) in [4.78, 5) is 26.3. The molecular formula is C22H23NO5. The molecular weight excluding hydrogens is 358 g/mol. The number of likely N-dealkylation sites (tertiary alicyclic amines) is 1. The average Bonchev–Trinajstić information content (AvgIpc) is 3.11. The van der Waals surface area contributed by atoms with Crippen molar-refractivity contribution in [2.75, 3.05) is 26.8 Å². The third-order valence-electron chi connectivity index (χ3n) is 5.61. The molecule has 6 nitrogen and oxygen atoms in total. The lowest BCUT2D eigenvalue weighted by Gasteiger charge is -2.39. The van der Waals surface area contributed by atoms with Crippen LogP contribution in [-0.4, -0.2) is 48.7 Å². The predicted molar refractivity (Wildman–Crippen MR) is 105 cm³/mol. The first kappa shape index (κ1) is 18.5. The number of aliphatic carboxylic acids is 1. The highest BCUT2D eigenvalue weighted by Crippen LogP contribution is 2.32. The Balaban J connectivity index is 1.56. The molecule has 6 heteroatoms. The zero-order valence-corrected chi connectivity index (χ0v) is 15.8. The number of methoxy groups -OCH3 is 1. The van der Waals surface area contributed by atoms with Gasteiger partial charge in [-0.25, -0.2) is 0 Å². The van der Waals surface area contributed by atoms with Gasteiger partial charge in [0.1, 0.15) is 16.8 Å². The number of carbonyl (C=O) groups is 2. The van der Waals surface area contributed by atoms with Gasteiger partial charge in [-0.05, 0) is 35.7 Å². The fraction of sp³-hybridized carbons (Fsp3) is 0.364. The third kappa shape index (κ3) is 3.24. The van der Waals surface area contributed by atoms with Crippen LogP contribution in [0.15, 0.2) is 46.9 Å². The molecule has 1 atom stereocenters. The van der Waals surface area contributed by atoms with E-state index in [1.165, 1.54) is 7.11 Å². The normalized spacial score (nSPS) is 20.0. The number of nitrogens with zero attached hydrogens (tertiary/aromatic N) is 1. The van der Waals surface area contributed by atoms with E-state index in [-0.39, 0.29) is 25.5 Å². The van der Waals surface area contributed by atoms with Crippen LogP contribution in [0.3, 0.4) is 0 Å². The molecule has 1 saturated heterocycles. The first-order valence-electron chi connectivity index (χ1n) is 9.43. The number of furan rings is 1. The van der Waals surface area contributed by atoms with E-state index in [2.05, 4.69) is 0 Å². The van der Waals surface area contributed by atoms with Crippen LogP contribution in [0.25, 0.3) is 21.7 Å². The predicted octanol–water partition coefficient (Wildman–Crippen LogP) is 3.47. The average molecular weight is 381 g/mol. The maximum Gasteiger partial charge on any atom is 0.313 e. The van der Waals surface area contributed by atoms with Crippen LogP contribution in [0.4, 0.5) is 0 Å². The number of hydrogen-bond acceptors (Lipinski definition) is 4. The van der Waals surface area contributed by atoms with Crippen LogP contribution < -0.4 is 0 Å². The summed E-state index contributed by atoms with van der Waals surface area (Å²) in [5, 5.41) is 12.9. The van der Waals surface area contributed by atoms with E-state index in [1.807, 2.05) is 42.5 Å². The molecule has 1 N–H and O–H groups in total. The van der Waals surface area contributed by atoms with Crippen molar-refractivity contribution in [1.29, 1.82) is 0 Å². The standard InChI is InChI=1S/C22H23NO5/c1-27-14-22(21(25)26)9-4-10-23(13-22)20(24)12-16-11-18-17-6-3-2-5-15(17)7-8-19(18)28-16/h2-3,5-8,11H,4,9-10,12-14H2,1H3,(H,25,26). The zero-order chi connectivity index (χ0) is 19.7. The number of rotatable bonds is 5. The van der Waals surface area contributed by atoms with E-state index in [4.69, 9.17) is 9.15 Å². The minimum Gasteiger partial charge on any atom is -0.481 e. The number of carbonyl (C=O) groups excluding carboxylic acids is 1. The van der Waals surface area contributed by atoms with Gasteiger partial charge in [0.25, 0.3) is 0 Å². The maximum absolute atomic E-state index is 12.9. The van der Waals surface area contributed by atoms with Crippen molar-refractivity contribution in [3.63, 3.8) is 0 Å². The molecule has 4 rings (SSSR count). The number of carboxylic acids is 1. The second kappa shape index (κ2) is 7.28. The minimum absolute atomic E-state index is 0.0999. The van der Waals surface area contributed by atoms with E-state index in [0.29, 0.717) is 25.1 Å². The van der Waals surface area contributed by atoms with Crippen molar-refractivity contribution in [2.24, 2.45) is 5.41 Å². The summed E-state index contributed by atoms with van der Waals surface area (Å²) in [6, 6.07) is 13.9. The van der Waals surface area contributed by atoms with Gasteiger partial charge in [0, 0.05) is 25.6 Å². The third-order valence-corrected chi connectivity index (χ3v) is 5.61. The Kier molecular flexibility index (Phi) is 4.81. The molecule has 1 aliphatic heterocycles. The van der Waals surface area contributed by atoms with Crippen LogP contribution in [0.5, 0.6) is 0 Å². The van der Waals surface area contributed by atoms with E-state index in [1.54, 1.807) is 4.90 Å². The molecule has 1 aromatic heterocycles. The summed E-state index contributed by atoms with van der Waals surface area (Å²) in [6.45, 7) is 0.821. The van der Waals surface area contributed by atoms with E-state index >= 15 is 0 Å². The van der Waals surface area contributed by atoms with Gasteiger partial charge in [-0.2, -0.15) is 0 Å². The van der Waals surface area contributed by atoms with E-state index in [0.717, 1.165) is 21.7 Å². The van der Waals surface area contributed by atoms with Gasteiger partial charge in [0.05, 0.1) is 13.0 Å². The Labute approximate surface area is 162 Å². The molecule has 1 fully saturated rings. The number of hydrogen-bond donors (Lipinski definition) is 1. The minimum atomic E-state index is -1.03. The Morgan fingerprint density at radius 1 is 1.21 bits per heavy atom. The van der Waals surface area contributed by atoms with Crippen LogP contribution in [0, 0.1) is 5.41 Å². The van der Waals surface area contributed by atoms with Crippen molar-refractivity contribution in [1.82, 2.24) is 4.90 Å². The summed E-state index contributed by atoms with van der Waals surface area (Å²) < 4.78 is 11.0. The number of fused-ring (bicyclic) bond motifs is 3. The number of piperidine rings is 1. The second-order valence-electron chi connectivity index (χ2n) is 7.53. The summed E-state index contributed by atoms with van der Waals surface area (Å²) in [7, 11) is 1.49. The molecule has 2 aromatic carbocycles. The van der Waals surface area contributed by atoms with Crippen molar-refractivity contribution in [2.45, 2.75) is 19.3 Å². The molecule has 146 valence electrons. The summed E-state index contributed by atoms with van der Waals surface area (Å²) >= 11 is 0. The van der Waals surface area contributed by atoms with Crippen molar-refractivity contribution in [3.05, 3.63) is 48.2 Å². The highest BCUT2D eigenvalue weighted by molar-refractivity contribution is 6.06. The lowest BCUT2D eigenvalue weighted by atomic mass is 9.80. The lowest BCUT2D eigenvalue weighted by Crippen LogP contribution is -2.52. The highest BCUT2D eigenvalue weighted by Gasteiger charge is 2.43. The molecule has 3 aromatic rings. The van der Waals surface area contributed by atoms with Crippen LogP contribution in [-0.2, 0) is 20.7 Å². The van der Waals surface area contributed by atoms with Crippen LogP contribution in [0.1, 0.15) is 18.6 Å². The number of benzene rings is 2. The summed E-state index contributed by atoms with van der Waals surface area (Å²) in [5.74, 6) is -0.443. The number of amides is 1. The number of carboxylic acid groups (broad SMARTS) is 1. The van der Waals surface area contributed by atoms with Gasteiger partial charge >= 0.3 is 5.97 Å². The van der Waals surface area contributed by atoms with Crippen molar-refractivity contribution >= 4 is 33.6 Å². The van der Waals surface area contributed by atoms with Crippen molar-refractivity contribution in [3.8, 4) is 0 Å². The van der Waals surface area contributed by atoms with Gasteiger partial charge in [0.2, 0.25) is 5.91 Å². The second-order valence-corrected chi connectivity index (χ2v) is 7.53.